The van der Waals surface area contributed by atoms with Crippen LogP contribution in [0.4, 0.5) is 4.39 Å². The molecule has 2 saturated carbocycles. The van der Waals surface area contributed by atoms with Gasteiger partial charge in [0, 0.05) is 17.9 Å². The van der Waals surface area contributed by atoms with Crippen molar-refractivity contribution in [1.29, 1.82) is 0 Å². The van der Waals surface area contributed by atoms with Crippen molar-refractivity contribution in [3.63, 3.8) is 0 Å². The third kappa shape index (κ3) is 0.670. The molecule has 0 radical (unpaired) electrons. The van der Waals surface area contributed by atoms with Gasteiger partial charge in [-0.15, -0.1) is 0 Å². The molecule has 0 unspecified atom stereocenters. The monoisotopic (exact) mass is 157 g/mol. The SMILES string of the molecule is C[C@@]1(F)[C@@H]2C(=O)C[C@](C)(N)[C@@H]21. The van der Waals surface area contributed by atoms with Crippen molar-refractivity contribution in [3.8, 4) is 0 Å². The van der Waals surface area contributed by atoms with Gasteiger partial charge in [0.2, 0.25) is 0 Å². The Morgan fingerprint density at radius 1 is 1.64 bits per heavy atom. The molecule has 4 atom stereocenters. The summed E-state index contributed by atoms with van der Waals surface area (Å²) < 4.78 is 13.4. The molecule has 0 aromatic carbocycles. The van der Waals surface area contributed by atoms with Gasteiger partial charge in [-0.05, 0) is 13.8 Å². The number of hydrogen-bond acceptors (Lipinski definition) is 2. The number of carbonyl (C=O) groups is 1. The van der Waals surface area contributed by atoms with E-state index in [9.17, 15) is 9.18 Å². The first-order chi connectivity index (χ1) is 4.87. The first kappa shape index (κ1) is 7.22. The van der Waals surface area contributed by atoms with Gasteiger partial charge in [0.1, 0.15) is 11.5 Å². The molecule has 2 aliphatic carbocycles. The molecule has 0 spiro atoms. The van der Waals surface area contributed by atoms with Crippen molar-refractivity contribution in [3.05, 3.63) is 0 Å². The summed E-state index contributed by atoms with van der Waals surface area (Å²) >= 11 is 0. The Kier molecular flexibility index (Phi) is 0.989. The normalized spacial score (nSPS) is 61.3. The Morgan fingerprint density at radius 3 is 2.36 bits per heavy atom. The van der Waals surface area contributed by atoms with E-state index in [0.717, 1.165) is 0 Å². The minimum atomic E-state index is -1.31. The van der Waals surface area contributed by atoms with E-state index in [1.165, 1.54) is 6.92 Å². The second-order valence-electron chi connectivity index (χ2n) is 4.26. The Balaban J connectivity index is 2.33. The molecule has 2 fully saturated rings. The average molecular weight is 157 g/mol. The molecule has 2 aliphatic rings. The number of Topliss-reactive ketones (excluding diaryl/α,β-unsaturated/α-hetero) is 1. The van der Waals surface area contributed by atoms with Gasteiger partial charge >= 0.3 is 0 Å². The quantitative estimate of drug-likeness (QED) is 0.561. The molecular formula is C8H12FNO. The molecule has 2 nitrogen and oxygen atoms in total. The number of ketones is 1. The zero-order chi connectivity index (χ0) is 8.44. The number of hydrogen-bond donors (Lipinski definition) is 1. The lowest BCUT2D eigenvalue weighted by Crippen LogP contribution is -2.40. The third-order valence-electron chi connectivity index (χ3n) is 3.05. The van der Waals surface area contributed by atoms with Crippen LogP contribution in [-0.2, 0) is 4.79 Å². The van der Waals surface area contributed by atoms with Crippen LogP contribution >= 0.6 is 0 Å². The molecule has 0 aromatic rings. The maximum Gasteiger partial charge on any atom is 0.141 e. The number of halogens is 1. The first-order valence-corrected chi connectivity index (χ1v) is 3.88. The maximum atomic E-state index is 13.4. The van der Waals surface area contributed by atoms with Crippen molar-refractivity contribution in [2.45, 2.75) is 31.5 Å². The molecule has 2 rings (SSSR count). The molecule has 2 N–H and O–H groups in total. The fourth-order valence-electron chi connectivity index (χ4n) is 2.60. The van der Waals surface area contributed by atoms with E-state index in [0.29, 0.717) is 6.42 Å². The summed E-state index contributed by atoms with van der Waals surface area (Å²) in [7, 11) is 0. The van der Waals surface area contributed by atoms with Gasteiger partial charge in [-0.1, -0.05) is 0 Å². The fraction of sp³-hybridized carbons (Fsp3) is 0.875. The maximum absolute atomic E-state index is 13.4. The summed E-state index contributed by atoms with van der Waals surface area (Å²) in [5, 5.41) is 0. The van der Waals surface area contributed by atoms with E-state index >= 15 is 0 Å². The second kappa shape index (κ2) is 1.51. The highest BCUT2D eigenvalue weighted by molar-refractivity contribution is 5.91. The summed E-state index contributed by atoms with van der Waals surface area (Å²) in [4.78, 5) is 11.1. The predicted molar refractivity (Wildman–Crippen MR) is 38.7 cm³/mol. The molecule has 0 saturated heterocycles. The lowest BCUT2D eigenvalue weighted by Gasteiger charge is -2.21. The number of rotatable bonds is 0. The molecule has 0 aromatic heterocycles. The predicted octanol–water partition coefficient (Wildman–Crippen LogP) is 0.651. The van der Waals surface area contributed by atoms with E-state index in [1.807, 2.05) is 0 Å². The highest BCUT2D eigenvalue weighted by atomic mass is 19.1. The molecule has 0 heterocycles. The minimum Gasteiger partial charge on any atom is -0.325 e. The largest absolute Gasteiger partial charge is 0.325 e. The van der Waals surface area contributed by atoms with Crippen LogP contribution in [0.5, 0.6) is 0 Å². The van der Waals surface area contributed by atoms with Crippen molar-refractivity contribution in [1.82, 2.24) is 0 Å². The Hall–Kier alpha value is -0.440. The molecular weight excluding hydrogens is 145 g/mol. The number of alkyl halides is 1. The van der Waals surface area contributed by atoms with Crippen LogP contribution in [0.1, 0.15) is 20.3 Å². The molecule has 11 heavy (non-hydrogen) atoms. The van der Waals surface area contributed by atoms with Crippen LogP contribution in [0.2, 0.25) is 0 Å². The highest BCUT2D eigenvalue weighted by Gasteiger charge is 2.75. The molecule has 0 bridgehead atoms. The molecule has 3 heteroatoms. The van der Waals surface area contributed by atoms with E-state index in [4.69, 9.17) is 5.73 Å². The Morgan fingerprint density at radius 2 is 2.18 bits per heavy atom. The van der Waals surface area contributed by atoms with Crippen LogP contribution in [-0.4, -0.2) is 17.0 Å². The average Bonchev–Trinajstić information content (AvgIpc) is 2.22. The Bertz CT molecular complexity index is 234. The van der Waals surface area contributed by atoms with Crippen molar-refractivity contribution < 1.29 is 9.18 Å². The van der Waals surface area contributed by atoms with Crippen LogP contribution < -0.4 is 5.73 Å². The molecule has 0 amide bonds. The van der Waals surface area contributed by atoms with Gasteiger partial charge < -0.3 is 5.73 Å². The third-order valence-corrected chi connectivity index (χ3v) is 3.05. The van der Waals surface area contributed by atoms with Crippen molar-refractivity contribution in [2.24, 2.45) is 17.6 Å². The number of nitrogens with two attached hydrogens (primary N) is 1. The van der Waals surface area contributed by atoms with E-state index < -0.39 is 17.1 Å². The lowest BCUT2D eigenvalue weighted by molar-refractivity contribution is -0.120. The summed E-state index contributed by atoms with van der Waals surface area (Å²) in [5.41, 5.74) is 3.87. The van der Waals surface area contributed by atoms with Gasteiger partial charge in [0.15, 0.2) is 0 Å². The topological polar surface area (TPSA) is 43.1 Å². The molecule has 0 aliphatic heterocycles. The summed E-state index contributed by atoms with van der Waals surface area (Å²) in [6.45, 7) is 3.24. The van der Waals surface area contributed by atoms with Crippen LogP contribution in [0.15, 0.2) is 0 Å². The zero-order valence-electron chi connectivity index (χ0n) is 6.73. The van der Waals surface area contributed by atoms with Gasteiger partial charge in [-0.3, -0.25) is 4.79 Å². The van der Waals surface area contributed by atoms with E-state index in [2.05, 4.69) is 0 Å². The second-order valence-corrected chi connectivity index (χ2v) is 4.26. The van der Waals surface area contributed by atoms with Gasteiger partial charge in [0.05, 0.1) is 5.92 Å². The first-order valence-electron chi connectivity index (χ1n) is 3.88. The molecule has 62 valence electrons. The smallest absolute Gasteiger partial charge is 0.141 e. The van der Waals surface area contributed by atoms with Crippen LogP contribution in [0.25, 0.3) is 0 Å². The van der Waals surface area contributed by atoms with Gasteiger partial charge in [-0.25, -0.2) is 4.39 Å². The van der Waals surface area contributed by atoms with Crippen molar-refractivity contribution >= 4 is 5.78 Å². The van der Waals surface area contributed by atoms with Gasteiger partial charge in [0.25, 0.3) is 0 Å². The number of carbonyl (C=O) groups excluding carboxylic acids is 1. The van der Waals surface area contributed by atoms with Crippen LogP contribution in [0.3, 0.4) is 0 Å². The van der Waals surface area contributed by atoms with Crippen LogP contribution in [0, 0.1) is 11.8 Å². The summed E-state index contributed by atoms with van der Waals surface area (Å²) in [6.07, 6.45) is 0.349. The number of fused-ring (bicyclic) bond motifs is 1. The summed E-state index contributed by atoms with van der Waals surface area (Å²) in [5.74, 6) is -0.606. The van der Waals surface area contributed by atoms with Gasteiger partial charge in [-0.2, -0.15) is 0 Å². The Labute approximate surface area is 64.9 Å². The highest BCUT2D eigenvalue weighted by Crippen LogP contribution is 2.64. The standard InChI is InChI=1S/C8H12FNO/c1-7(10)3-4(11)5-6(7)8(5,2)9/h5-6H,3,10H2,1-2H3/t5-,6-,7+,8-/m1/s1. The summed E-state index contributed by atoms with van der Waals surface area (Å²) in [6, 6.07) is 0. The minimum absolute atomic E-state index is 0.00463. The van der Waals surface area contributed by atoms with E-state index in [1.54, 1.807) is 6.92 Å². The van der Waals surface area contributed by atoms with E-state index in [-0.39, 0.29) is 11.7 Å². The fourth-order valence-corrected chi connectivity index (χ4v) is 2.60. The zero-order valence-corrected chi connectivity index (χ0v) is 6.73. The van der Waals surface area contributed by atoms with Crippen molar-refractivity contribution in [2.75, 3.05) is 0 Å². The lowest BCUT2D eigenvalue weighted by atomic mass is 9.93.